The van der Waals surface area contributed by atoms with Crippen LogP contribution in [0.3, 0.4) is 0 Å². The lowest BCUT2D eigenvalue weighted by Gasteiger charge is -2.00. The number of hydrogen-bond acceptors (Lipinski definition) is 4. The third kappa shape index (κ3) is 0.906. The van der Waals surface area contributed by atoms with Crippen LogP contribution < -0.4 is 11.5 Å². The molecule has 4 nitrogen and oxygen atoms in total. The largest absolute Gasteiger partial charge is 0.394 e. The van der Waals surface area contributed by atoms with Gasteiger partial charge in [0.25, 0.3) is 0 Å². The molecule has 4 heteroatoms. The molecule has 0 amide bonds. The van der Waals surface area contributed by atoms with E-state index in [1.54, 1.807) is 6.92 Å². The van der Waals surface area contributed by atoms with Gasteiger partial charge < -0.3 is 11.5 Å². The van der Waals surface area contributed by atoms with Crippen LogP contribution in [0.1, 0.15) is 13.3 Å². The van der Waals surface area contributed by atoms with E-state index in [9.17, 15) is 9.59 Å². The van der Waals surface area contributed by atoms with E-state index in [2.05, 4.69) is 0 Å². The Balaban J connectivity index is 3.02. The highest BCUT2D eigenvalue weighted by Crippen LogP contribution is 2.20. The third-order valence-corrected chi connectivity index (χ3v) is 1.86. The summed E-state index contributed by atoms with van der Waals surface area (Å²) in [6.45, 7) is 1.76. The van der Waals surface area contributed by atoms with Crippen molar-refractivity contribution in [1.29, 1.82) is 0 Å². The first kappa shape index (κ1) is 7.78. The van der Waals surface area contributed by atoms with Crippen molar-refractivity contribution in [3.8, 4) is 0 Å². The number of ketones is 2. The van der Waals surface area contributed by atoms with E-state index in [0.717, 1.165) is 0 Å². The van der Waals surface area contributed by atoms with E-state index in [0.29, 0.717) is 6.42 Å². The number of rotatable bonds is 1. The van der Waals surface area contributed by atoms with Crippen molar-refractivity contribution < 1.29 is 9.59 Å². The summed E-state index contributed by atoms with van der Waals surface area (Å²) in [7, 11) is 0. The molecular weight excluding hydrogens is 144 g/mol. The summed E-state index contributed by atoms with van der Waals surface area (Å²) in [4.78, 5) is 22.1. The molecule has 0 aromatic rings. The van der Waals surface area contributed by atoms with Crippen LogP contribution in [0.4, 0.5) is 0 Å². The summed E-state index contributed by atoms with van der Waals surface area (Å²) in [6.07, 6.45) is 0.471. The second-order valence-electron chi connectivity index (χ2n) is 2.52. The van der Waals surface area contributed by atoms with Gasteiger partial charge >= 0.3 is 0 Å². The number of Topliss-reactive ketones (excluding diaryl/α,β-unsaturated/α-hetero) is 2. The number of hydrogen-bond donors (Lipinski definition) is 2. The van der Waals surface area contributed by atoms with Crippen molar-refractivity contribution in [3.63, 3.8) is 0 Å². The van der Waals surface area contributed by atoms with E-state index in [1.807, 2.05) is 0 Å². The van der Waals surface area contributed by atoms with Gasteiger partial charge in [-0.2, -0.15) is 0 Å². The number of carbonyl (C=O) groups is 2. The zero-order valence-electron chi connectivity index (χ0n) is 6.26. The van der Waals surface area contributed by atoms with Gasteiger partial charge in [-0.05, 0) is 6.42 Å². The highest BCUT2D eigenvalue weighted by Gasteiger charge is 2.36. The quantitative estimate of drug-likeness (QED) is 0.488. The molecule has 11 heavy (non-hydrogen) atoms. The fraction of sp³-hybridized carbons (Fsp3) is 0.429. The second-order valence-corrected chi connectivity index (χ2v) is 2.52. The summed E-state index contributed by atoms with van der Waals surface area (Å²) in [5.74, 6) is -1.26. The Morgan fingerprint density at radius 1 is 1.18 bits per heavy atom. The Kier molecular flexibility index (Phi) is 1.68. The molecule has 4 N–H and O–H groups in total. The van der Waals surface area contributed by atoms with Crippen LogP contribution >= 0.6 is 0 Å². The Hall–Kier alpha value is -1.32. The van der Waals surface area contributed by atoms with Crippen molar-refractivity contribution in [2.24, 2.45) is 17.4 Å². The molecule has 0 aliphatic heterocycles. The predicted octanol–water partition coefficient (Wildman–Crippen LogP) is -0.707. The fourth-order valence-electron chi connectivity index (χ4n) is 1.13. The average molecular weight is 154 g/mol. The number of nitrogens with two attached hydrogens (primary N) is 2. The van der Waals surface area contributed by atoms with Gasteiger partial charge in [-0.1, -0.05) is 6.92 Å². The van der Waals surface area contributed by atoms with Gasteiger partial charge in [-0.15, -0.1) is 0 Å². The van der Waals surface area contributed by atoms with Crippen molar-refractivity contribution in [2.45, 2.75) is 13.3 Å². The Morgan fingerprint density at radius 3 is 1.73 bits per heavy atom. The highest BCUT2D eigenvalue weighted by molar-refractivity contribution is 6.23. The molecule has 0 radical (unpaired) electrons. The molecular formula is C7H10N2O2. The minimum absolute atomic E-state index is 0.0677. The van der Waals surface area contributed by atoms with Crippen LogP contribution in [0.2, 0.25) is 0 Å². The molecule has 1 aliphatic carbocycles. The Bertz CT molecular complexity index is 231. The molecule has 0 aromatic carbocycles. The first-order valence-corrected chi connectivity index (χ1v) is 3.43. The number of allylic oxidation sites excluding steroid dienone is 2. The van der Waals surface area contributed by atoms with Crippen LogP contribution in [0.5, 0.6) is 0 Å². The van der Waals surface area contributed by atoms with Crippen LogP contribution in [-0.2, 0) is 9.59 Å². The smallest absolute Gasteiger partial charge is 0.191 e. The first-order valence-electron chi connectivity index (χ1n) is 3.43. The molecule has 0 saturated carbocycles. The maximum atomic E-state index is 11.1. The highest BCUT2D eigenvalue weighted by atomic mass is 16.2. The van der Waals surface area contributed by atoms with E-state index in [4.69, 9.17) is 11.5 Å². The third-order valence-electron chi connectivity index (χ3n) is 1.86. The molecule has 0 atom stereocenters. The van der Waals surface area contributed by atoms with Gasteiger partial charge in [0.1, 0.15) is 11.4 Å². The molecule has 1 aliphatic rings. The van der Waals surface area contributed by atoms with Crippen LogP contribution in [0, 0.1) is 5.92 Å². The van der Waals surface area contributed by atoms with Crippen LogP contribution in [0.25, 0.3) is 0 Å². The maximum Gasteiger partial charge on any atom is 0.191 e. The van der Waals surface area contributed by atoms with Gasteiger partial charge in [-0.3, -0.25) is 9.59 Å². The summed E-state index contributed by atoms with van der Waals surface area (Å²) in [5.41, 5.74) is 10.4. The first-order chi connectivity index (χ1) is 5.09. The molecule has 1 rings (SSSR count). The normalized spacial score (nSPS) is 20.1. The minimum atomic E-state index is -0.616. The summed E-state index contributed by atoms with van der Waals surface area (Å²) >= 11 is 0. The van der Waals surface area contributed by atoms with Gasteiger partial charge in [0.05, 0.1) is 5.92 Å². The zero-order chi connectivity index (χ0) is 8.59. The van der Waals surface area contributed by atoms with Crippen molar-refractivity contribution in [2.75, 3.05) is 0 Å². The Morgan fingerprint density at radius 2 is 1.55 bits per heavy atom. The number of carbonyl (C=O) groups excluding carboxylic acids is 2. The molecule has 0 saturated heterocycles. The SMILES string of the molecule is CCC1C(=O)C(N)=C(N)C1=O. The minimum Gasteiger partial charge on any atom is -0.394 e. The van der Waals surface area contributed by atoms with Crippen molar-refractivity contribution >= 4 is 11.6 Å². The second kappa shape index (κ2) is 2.38. The summed E-state index contributed by atoms with van der Waals surface area (Å²) < 4.78 is 0. The predicted molar refractivity (Wildman–Crippen MR) is 39.2 cm³/mol. The summed E-state index contributed by atoms with van der Waals surface area (Å²) in [5, 5.41) is 0. The van der Waals surface area contributed by atoms with Gasteiger partial charge in [0.15, 0.2) is 11.6 Å². The monoisotopic (exact) mass is 154 g/mol. The van der Waals surface area contributed by atoms with E-state index >= 15 is 0 Å². The molecule has 0 bridgehead atoms. The molecule has 0 heterocycles. The molecule has 60 valence electrons. The Labute approximate surface area is 64.2 Å². The summed E-state index contributed by atoms with van der Waals surface area (Å²) in [6, 6.07) is 0. The lowest BCUT2D eigenvalue weighted by molar-refractivity contribution is -0.126. The van der Waals surface area contributed by atoms with Crippen LogP contribution in [-0.4, -0.2) is 11.6 Å². The maximum absolute atomic E-state index is 11.1. The van der Waals surface area contributed by atoms with Gasteiger partial charge in [-0.25, -0.2) is 0 Å². The lowest BCUT2D eigenvalue weighted by Crippen LogP contribution is -2.18. The molecule has 0 spiro atoms. The topological polar surface area (TPSA) is 86.2 Å². The van der Waals surface area contributed by atoms with Gasteiger partial charge in [0, 0.05) is 0 Å². The molecule has 0 fully saturated rings. The van der Waals surface area contributed by atoms with Crippen molar-refractivity contribution in [3.05, 3.63) is 11.4 Å². The van der Waals surface area contributed by atoms with E-state index in [1.165, 1.54) is 0 Å². The van der Waals surface area contributed by atoms with Gasteiger partial charge in [0.2, 0.25) is 0 Å². The van der Waals surface area contributed by atoms with E-state index in [-0.39, 0.29) is 23.0 Å². The average Bonchev–Trinajstić information content (AvgIpc) is 2.17. The molecule has 0 unspecified atom stereocenters. The fourth-order valence-corrected chi connectivity index (χ4v) is 1.13. The van der Waals surface area contributed by atoms with E-state index < -0.39 is 5.92 Å². The van der Waals surface area contributed by atoms with Crippen molar-refractivity contribution in [1.82, 2.24) is 0 Å². The van der Waals surface area contributed by atoms with Crippen LogP contribution in [0.15, 0.2) is 11.4 Å². The molecule has 0 aromatic heterocycles. The zero-order valence-corrected chi connectivity index (χ0v) is 6.26. The lowest BCUT2D eigenvalue weighted by atomic mass is 10.0. The standard InChI is InChI=1S/C7H10N2O2/c1-2-3-6(10)4(8)5(9)7(3)11/h3H,2,8-9H2,1H3.